The second-order valence-corrected chi connectivity index (χ2v) is 12.5. The van der Waals surface area contributed by atoms with Crippen LogP contribution in [0.3, 0.4) is 0 Å². The number of ether oxygens (including phenoxy) is 3. The van der Waals surface area contributed by atoms with Gasteiger partial charge in [0.15, 0.2) is 5.76 Å². The highest BCUT2D eigenvalue weighted by Gasteiger charge is 2.61. The zero-order chi connectivity index (χ0) is 25.0. The lowest BCUT2D eigenvalue weighted by Crippen LogP contribution is -2.53. The van der Waals surface area contributed by atoms with Crippen molar-refractivity contribution in [2.45, 2.75) is 76.5 Å². The van der Waals surface area contributed by atoms with Gasteiger partial charge in [0.2, 0.25) is 6.29 Å². The van der Waals surface area contributed by atoms with E-state index in [0.717, 1.165) is 36.3 Å². The first-order valence-corrected chi connectivity index (χ1v) is 14.4. The molecule has 0 amide bonds. The largest absolute Gasteiger partial charge is 0.464 e. The molecule has 0 bridgehead atoms. The maximum absolute atomic E-state index is 12.1. The lowest BCUT2D eigenvalue weighted by atomic mass is 9.48. The summed E-state index contributed by atoms with van der Waals surface area (Å²) in [6.45, 7) is 4.20. The fraction of sp³-hybridized carbons (Fsp3) is 0.625. The van der Waals surface area contributed by atoms with E-state index in [0.29, 0.717) is 36.9 Å². The zero-order valence-electron chi connectivity index (χ0n) is 21.9. The van der Waals surface area contributed by atoms with Crippen molar-refractivity contribution in [1.29, 1.82) is 0 Å². The van der Waals surface area contributed by atoms with Gasteiger partial charge in [0.05, 0.1) is 32.2 Å². The lowest BCUT2D eigenvalue weighted by Gasteiger charge is -2.57. The maximum atomic E-state index is 12.1. The van der Waals surface area contributed by atoms with Crippen molar-refractivity contribution in [1.82, 2.24) is 0 Å². The molecular formula is C32H40O5. The van der Waals surface area contributed by atoms with Crippen LogP contribution in [-0.4, -0.2) is 24.4 Å². The minimum absolute atomic E-state index is 0.213. The third-order valence-electron chi connectivity index (χ3n) is 10.8. The number of aliphatic hydroxyl groups is 1. The van der Waals surface area contributed by atoms with Crippen LogP contribution in [0.5, 0.6) is 0 Å². The smallest absolute Gasteiger partial charge is 0.217 e. The standard InChI is InChI=1S/C32H40O5/c1-31-13-11-26-25-10-8-24(36-19-21-5-3-2-4-6-21)17-22(25)7-9-27(26)28(31)12-14-32(31,33)23-18-29(37-20-23)30-34-15-16-35-30/h2-6,12,14,18,20,22,24-28,30,33H,7-11,13,15-17,19H2,1H3/t22-,24-,25+,26-,27-,28+,31+,32?/m1/s1. The van der Waals surface area contributed by atoms with Gasteiger partial charge in [-0.15, -0.1) is 0 Å². The summed E-state index contributed by atoms with van der Waals surface area (Å²) in [5.41, 5.74) is 0.887. The van der Waals surface area contributed by atoms with Gasteiger partial charge in [0.25, 0.3) is 0 Å². The predicted octanol–water partition coefficient (Wildman–Crippen LogP) is 6.53. The zero-order valence-corrected chi connectivity index (χ0v) is 21.9. The second-order valence-electron chi connectivity index (χ2n) is 12.5. The molecule has 5 heteroatoms. The fourth-order valence-corrected chi connectivity index (χ4v) is 8.86. The normalized spacial score (nSPS) is 41.4. The van der Waals surface area contributed by atoms with Crippen molar-refractivity contribution in [2.24, 2.45) is 35.0 Å². The number of hydrogen-bond acceptors (Lipinski definition) is 5. The van der Waals surface area contributed by atoms with E-state index in [1.54, 1.807) is 6.26 Å². The molecule has 5 nitrogen and oxygen atoms in total. The third-order valence-corrected chi connectivity index (χ3v) is 10.8. The Morgan fingerprint density at radius 1 is 0.973 bits per heavy atom. The molecule has 1 aliphatic heterocycles. The van der Waals surface area contributed by atoms with E-state index in [2.05, 4.69) is 49.4 Å². The monoisotopic (exact) mass is 504 g/mol. The highest BCUT2D eigenvalue weighted by atomic mass is 16.7. The number of allylic oxidation sites excluding steroid dienone is 1. The van der Waals surface area contributed by atoms with Gasteiger partial charge in [-0.25, -0.2) is 0 Å². The van der Waals surface area contributed by atoms with Gasteiger partial charge >= 0.3 is 0 Å². The molecule has 1 unspecified atom stereocenters. The summed E-state index contributed by atoms with van der Waals surface area (Å²) in [6, 6.07) is 12.5. The topological polar surface area (TPSA) is 61.1 Å². The molecule has 1 aromatic heterocycles. The first-order valence-electron chi connectivity index (χ1n) is 14.4. The second kappa shape index (κ2) is 9.37. The van der Waals surface area contributed by atoms with Crippen LogP contribution in [0.2, 0.25) is 0 Å². The van der Waals surface area contributed by atoms with Crippen molar-refractivity contribution in [3.63, 3.8) is 0 Å². The Labute approximate surface area is 220 Å². The van der Waals surface area contributed by atoms with E-state index in [9.17, 15) is 5.11 Å². The molecule has 1 saturated heterocycles. The molecule has 198 valence electrons. The maximum Gasteiger partial charge on any atom is 0.217 e. The molecule has 1 aromatic carbocycles. The summed E-state index contributed by atoms with van der Waals surface area (Å²) in [6.07, 6.45) is 14.6. The van der Waals surface area contributed by atoms with Gasteiger partial charge in [-0.05, 0) is 86.2 Å². The number of fused-ring (bicyclic) bond motifs is 5. The van der Waals surface area contributed by atoms with Gasteiger partial charge < -0.3 is 23.7 Å². The molecule has 7 rings (SSSR count). The van der Waals surface area contributed by atoms with Crippen LogP contribution in [0.25, 0.3) is 0 Å². The Hall–Kier alpha value is -1.92. The minimum atomic E-state index is -1.01. The van der Waals surface area contributed by atoms with Gasteiger partial charge in [0.1, 0.15) is 5.60 Å². The summed E-state index contributed by atoms with van der Waals surface area (Å²) in [5.74, 6) is 4.06. The van der Waals surface area contributed by atoms with Crippen LogP contribution < -0.4 is 0 Å². The lowest BCUT2D eigenvalue weighted by molar-refractivity contribution is -0.130. The van der Waals surface area contributed by atoms with Crippen molar-refractivity contribution in [3.8, 4) is 0 Å². The summed E-state index contributed by atoms with van der Waals surface area (Å²) < 4.78 is 23.5. The molecule has 4 fully saturated rings. The Morgan fingerprint density at radius 3 is 2.62 bits per heavy atom. The van der Waals surface area contributed by atoms with Crippen molar-refractivity contribution >= 4 is 0 Å². The highest BCUT2D eigenvalue weighted by Crippen LogP contribution is 2.65. The Morgan fingerprint density at radius 2 is 1.78 bits per heavy atom. The minimum Gasteiger partial charge on any atom is -0.464 e. The quantitative estimate of drug-likeness (QED) is 0.469. The molecule has 37 heavy (non-hydrogen) atoms. The van der Waals surface area contributed by atoms with E-state index >= 15 is 0 Å². The van der Waals surface area contributed by atoms with Crippen LogP contribution in [0.15, 0.2) is 59.2 Å². The van der Waals surface area contributed by atoms with E-state index in [1.165, 1.54) is 44.1 Å². The summed E-state index contributed by atoms with van der Waals surface area (Å²) >= 11 is 0. The molecule has 0 spiro atoms. The Balaban J connectivity index is 1.03. The summed E-state index contributed by atoms with van der Waals surface area (Å²) in [4.78, 5) is 0. The van der Waals surface area contributed by atoms with Crippen molar-refractivity contribution < 1.29 is 23.7 Å². The number of hydrogen-bond donors (Lipinski definition) is 1. The molecule has 2 heterocycles. The van der Waals surface area contributed by atoms with E-state index < -0.39 is 11.9 Å². The van der Waals surface area contributed by atoms with Crippen molar-refractivity contribution in [2.75, 3.05) is 13.2 Å². The first kappa shape index (κ1) is 24.1. The fourth-order valence-electron chi connectivity index (χ4n) is 8.86. The third kappa shape index (κ3) is 3.96. The Bertz CT molecular complexity index is 1120. The van der Waals surface area contributed by atoms with Gasteiger partial charge in [0, 0.05) is 11.0 Å². The molecule has 0 radical (unpaired) electrons. The molecule has 1 N–H and O–H groups in total. The first-order chi connectivity index (χ1) is 18.0. The number of rotatable bonds is 5. The van der Waals surface area contributed by atoms with Crippen LogP contribution >= 0.6 is 0 Å². The molecule has 3 saturated carbocycles. The van der Waals surface area contributed by atoms with Crippen molar-refractivity contribution in [3.05, 3.63) is 71.7 Å². The molecule has 2 aromatic rings. The summed E-state index contributed by atoms with van der Waals surface area (Å²) in [7, 11) is 0. The number of furan rings is 1. The van der Waals surface area contributed by atoms with Gasteiger partial charge in [-0.2, -0.15) is 0 Å². The SMILES string of the molecule is C[C@]12CC[C@H]3[C@@H](CC[C@@H]4C[C@H](OCc5ccccc5)CC[C@@H]43)[C@@H]1C=CC2(O)c1coc(C2OCCO2)c1. The van der Waals surface area contributed by atoms with Gasteiger partial charge in [-0.3, -0.25) is 0 Å². The average molecular weight is 505 g/mol. The number of benzene rings is 1. The van der Waals surface area contributed by atoms with Crippen LogP contribution in [0, 0.1) is 35.0 Å². The Kier molecular flexibility index (Phi) is 6.12. The molecule has 4 aliphatic carbocycles. The molecule has 5 aliphatic rings. The predicted molar refractivity (Wildman–Crippen MR) is 139 cm³/mol. The summed E-state index contributed by atoms with van der Waals surface area (Å²) in [5, 5.41) is 12.1. The van der Waals surface area contributed by atoms with Crippen LogP contribution in [-0.2, 0) is 26.4 Å². The van der Waals surface area contributed by atoms with Crippen LogP contribution in [0.4, 0.5) is 0 Å². The van der Waals surface area contributed by atoms with Gasteiger partial charge in [-0.1, -0.05) is 49.4 Å². The molecular weight excluding hydrogens is 464 g/mol. The van der Waals surface area contributed by atoms with E-state index in [4.69, 9.17) is 18.6 Å². The highest BCUT2D eigenvalue weighted by molar-refractivity contribution is 5.36. The van der Waals surface area contributed by atoms with E-state index in [1.807, 2.05) is 6.07 Å². The average Bonchev–Trinajstić information content (AvgIpc) is 3.68. The van der Waals surface area contributed by atoms with E-state index in [-0.39, 0.29) is 5.41 Å². The van der Waals surface area contributed by atoms with Crippen LogP contribution in [0.1, 0.15) is 75.0 Å². The molecule has 8 atom stereocenters.